The molecule has 32 heavy (non-hydrogen) atoms. The fourth-order valence-electron chi connectivity index (χ4n) is 4.70. The predicted octanol–water partition coefficient (Wildman–Crippen LogP) is 2.21. The number of fused-ring (bicyclic) bond motifs is 1. The fraction of sp³-hybridized carbons (Fsp3) is 0.435. The first kappa shape index (κ1) is 20.4. The van der Waals surface area contributed by atoms with E-state index in [1.165, 1.54) is 6.20 Å². The summed E-state index contributed by atoms with van der Waals surface area (Å²) in [6, 6.07) is 7.33. The highest BCUT2D eigenvalue weighted by Gasteiger charge is 2.31. The van der Waals surface area contributed by atoms with Crippen LogP contribution in [0.1, 0.15) is 59.0 Å². The molecule has 0 saturated carbocycles. The average Bonchev–Trinajstić information content (AvgIpc) is 3.43. The molecular weight excluding hydrogens is 404 g/mol. The maximum atomic E-state index is 13.2. The Kier molecular flexibility index (Phi) is 5.23. The SMILES string of the molecule is Cc1cn2nc([C@@H]3CCCCN3C(=O)c3ccc(C#N)cn3)cc2nc1N1CC[C@H](N)C1. The van der Waals surface area contributed by atoms with Crippen LogP contribution < -0.4 is 10.6 Å². The molecule has 2 aliphatic rings. The second-order valence-electron chi connectivity index (χ2n) is 8.67. The van der Waals surface area contributed by atoms with E-state index in [1.807, 2.05) is 30.2 Å². The smallest absolute Gasteiger partial charge is 0.273 e. The molecule has 0 bridgehead atoms. The van der Waals surface area contributed by atoms with Crippen LogP contribution in [0.4, 0.5) is 5.82 Å². The van der Waals surface area contributed by atoms with Gasteiger partial charge in [0.15, 0.2) is 5.65 Å². The topological polar surface area (TPSA) is 116 Å². The molecule has 2 saturated heterocycles. The van der Waals surface area contributed by atoms with E-state index in [9.17, 15) is 4.79 Å². The van der Waals surface area contributed by atoms with E-state index < -0.39 is 0 Å². The lowest BCUT2D eigenvalue weighted by molar-refractivity contribution is 0.0599. The second kappa shape index (κ2) is 8.20. The highest BCUT2D eigenvalue weighted by molar-refractivity contribution is 5.92. The Morgan fingerprint density at radius 3 is 2.84 bits per heavy atom. The molecule has 2 fully saturated rings. The summed E-state index contributed by atoms with van der Waals surface area (Å²) in [5.74, 6) is 0.822. The molecule has 3 aromatic heterocycles. The number of rotatable bonds is 3. The van der Waals surface area contributed by atoms with Gasteiger partial charge in [0.05, 0.1) is 17.3 Å². The van der Waals surface area contributed by atoms with Gasteiger partial charge in [-0.15, -0.1) is 0 Å². The summed E-state index contributed by atoms with van der Waals surface area (Å²) in [6.07, 6.45) is 7.24. The molecule has 9 heteroatoms. The van der Waals surface area contributed by atoms with E-state index in [0.29, 0.717) is 17.8 Å². The molecule has 0 unspecified atom stereocenters. The number of nitrogens with two attached hydrogens (primary N) is 1. The van der Waals surface area contributed by atoms with Crippen LogP contribution in [-0.4, -0.2) is 56.1 Å². The number of nitriles is 1. The van der Waals surface area contributed by atoms with Crippen molar-refractivity contribution in [1.29, 1.82) is 5.26 Å². The molecular formula is C23H26N8O. The number of aryl methyl sites for hydroxylation is 1. The Hall–Kier alpha value is -3.51. The molecule has 0 radical (unpaired) electrons. The Bertz CT molecular complexity index is 1200. The third-order valence-corrected chi connectivity index (χ3v) is 6.37. The van der Waals surface area contributed by atoms with Gasteiger partial charge in [-0.1, -0.05) is 0 Å². The lowest BCUT2D eigenvalue weighted by Crippen LogP contribution is -2.39. The number of nitrogens with zero attached hydrogens (tertiary/aromatic N) is 7. The van der Waals surface area contributed by atoms with E-state index in [2.05, 4.69) is 9.88 Å². The number of hydrogen-bond donors (Lipinski definition) is 1. The summed E-state index contributed by atoms with van der Waals surface area (Å²) >= 11 is 0. The van der Waals surface area contributed by atoms with Gasteiger partial charge >= 0.3 is 0 Å². The summed E-state index contributed by atoms with van der Waals surface area (Å²) in [7, 11) is 0. The van der Waals surface area contributed by atoms with Crippen molar-refractivity contribution < 1.29 is 4.79 Å². The fourth-order valence-corrected chi connectivity index (χ4v) is 4.70. The van der Waals surface area contributed by atoms with Gasteiger partial charge < -0.3 is 15.5 Å². The first-order chi connectivity index (χ1) is 15.5. The summed E-state index contributed by atoms with van der Waals surface area (Å²) in [5, 5.41) is 13.8. The minimum atomic E-state index is -0.132. The number of hydrogen-bond acceptors (Lipinski definition) is 7. The largest absolute Gasteiger partial charge is 0.355 e. The second-order valence-corrected chi connectivity index (χ2v) is 8.67. The third-order valence-electron chi connectivity index (χ3n) is 6.37. The van der Waals surface area contributed by atoms with Crippen LogP contribution in [0.25, 0.3) is 5.65 Å². The standard InChI is InChI=1S/C23H26N8O/c1-15-13-31-21(27-22(15)29-9-7-17(25)14-29)10-19(28-31)20-4-2-3-8-30(20)23(32)18-6-5-16(11-24)12-26-18/h5-6,10,12-13,17,20H,2-4,7-9,14,25H2,1H3/t17-,20-/m0/s1. The first-order valence-corrected chi connectivity index (χ1v) is 11.1. The molecule has 3 aromatic rings. The van der Waals surface area contributed by atoms with E-state index in [1.54, 1.807) is 16.6 Å². The maximum absolute atomic E-state index is 13.2. The maximum Gasteiger partial charge on any atom is 0.273 e. The van der Waals surface area contributed by atoms with Crippen LogP contribution >= 0.6 is 0 Å². The summed E-state index contributed by atoms with van der Waals surface area (Å²) in [6.45, 7) is 4.42. The summed E-state index contributed by atoms with van der Waals surface area (Å²) in [4.78, 5) is 26.4. The van der Waals surface area contributed by atoms with Crippen molar-refractivity contribution in [3.8, 4) is 6.07 Å². The quantitative estimate of drug-likeness (QED) is 0.677. The van der Waals surface area contributed by atoms with Gasteiger partial charge in [0.25, 0.3) is 5.91 Å². The molecule has 5 heterocycles. The minimum absolute atomic E-state index is 0.126. The van der Waals surface area contributed by atoms with Crippen LogP contribution in [-0.2, 0) is 0 Å². The molecule has 164 valence electrons. The van der Waals surface area contributed by atoms with Crippen molar-refractivity contribution in [3.05, 3.63) is 53.1 Å². The van der Waals surface area contributed by atoms with E-state index in [-0.39, 0.29) is 18.0 Å². The number of likely N-dealkylation sites (tertiary alicyclic amines) is 1. The number of anilines is 1. The molecule has 2 aliphatic heterocycles. The van der Waals surface area contributed by atoms with Gasteiger partial charge in [-0.05, 0) is 44.7 Å². The highest BCUT2D eigenvalue weighted by Crippen LogP contribution is 2.32. The third kappa shape index (κ3) is 3.67. The Morgan fingerprint density at radius 2 is 2.12 bits per heavy atom. The molecule has 1 amide bonds. The average molecular weight is 431 g/mol. The molecule has 5 rings (SSSR count). The molecule has 0 aromatic carbocycles. The normalized spacial score (nSPS) is 21.2. The van der Waals surface area contributed by atoms with E-state index in [0.717, 1.165) is 61.5 Å². The van der Waals surface area contributed by atoms with Crippen molar-refractivity contribution in [2.75, 3.05) is 24.5 Å². The van der Waals surface area contributed by atoms with Crippen LogP contribution in [0, 0.1) is 18.3 Å². The van der Waals surface area contributed by atoms with E-state index in [4.69, 9.17) is 21.1 Å². The summed E-state index contributed by atoms with van der Waals surface area (Å²) < 4.78 is 1.81. The molecule has 2 N–H and O–H groups in total. The number of carbonyl (C=O) groups is 1. The molecule has 2 atom stereocenters. The van der Waals surface area contributed by atoms with Crippen molar-refractivity contribution in [1.82, 2.24) is 24.5 Å². The zero-order valence-corrected chi connectivity index (χ0v) is 18.1. The van der Waals surface area contributed by atoms with Crippen molar-refractivity contribution in [2.24, 2.45) is 5.73 Å². The number of pyridine rings is 1. The van der Waals surface area contributed by atoms with Crippen LogP contribution in [0.5, 0.6) is 0 Å². The minimum Gasteiger partial charge on any atom is -0.355 e. The molecule has 0 aliphatic carbocycles. The Balaban J connectivity index is 1.45. The Morgan fingerprint density at radius 1 is 1.25 bits per heavy atom. The monoisotopic (exact) mass is 430 g/mol. The van der Waals surface area contributed by atoms with Gasteiger partial charge in [-0.3, -0.25) is 4.79 Å². The molecule has 9 nitrogen and oxygen atoms in total. The predicted molar refractivity (Wildman–Crippen MR) is 119 cm³/mol. The van der Waals surface area contributed by atoms with Gasteiger partial charge in [-0.2, -0.15) is 10.4 Å². The van der Waals surface area contributed by atoms with Crippen molar-refractivity contribution in [3.63, 3.8) is 0 Å². The lowest BCUT2D eigenvalue weighted by Gasteiger charge is -2.34. The van der Waals surface area contributed by atoms with E-state index >= 15 is 0 Å². The van der Waals surface area contributed by atoms with Gasteiger partial charge in [0.1, 0.15) is 17.6 Å². The van der Waals surface area contributed by atoms with Crippen molar-refractivity contribution >= 4 is 17.4 Å². The van der Waals surface area contributed by atoms with Crippen LogP contribution in [0.2, 0.25) is 0 Å². The number of aromatic nitrogens is 4. The number of carbonyl (C=O) groups excluding carboxylic acids is 1. The van der Waals surface area contributed by atoms with Crippen LogP contribution in [0.3, 0.4) is 0 Å². The molecule has 0 spiro atoms. The number of piperidine rings is 1. The van der Waals surface area contributed by atoms with Crippen LogP contribution in [0.15, 0.2) is 30.6 Å². The van der Waals surface area contributed by atoms with Gasteiger partial charge in [0, 0.05) is 49.7 Å². The first-order valence-electron chi connectivity index (χ1n) is 11.1. The zero-order chi connectivity index (χ0) is 22.2. The summed E-state index contributed by atoms with van der Waals surface area (Å²) in [5.41, 5.74) is 9.55. The Labute approximate surface area is 186 Å². The number of amides is 1. The highest BCUT2D eigenvalue weighted by atomic mass is 16.2. The van der Waals surface area contributed by atoms with Gasteiger partial charge in [0.2, 0.25) is 0 Å². The van der Waals surface area contributed by atoms with Gasteiger partial charge in [-0.25, -0.2) is 14.5 Å². The zero-order valence-electron chi connectivity index (χ0n) is 18.1. The lowest BCUT2D eigenvalue weighted by atomic mass is 9.99. The van der Waals surface area contributed by atoms with Crippen molar-refractivity contribution in [2.45, 2.75) is 44.7 Å².